The van der Waals surface area contributed by atoms with E-state index in [-0.39, 0.29) is 5.69 Å². The van der Waals surface area contributed by atoms with E-state index in [0.717, 1.165) is 19.5 Å². The van der Waals surface area contributed by atoms with E-state index >= 15 is 0 Å². The van der Waals surface area contributed by atoms with Gasteiger partial charge in [0.2, 0.25) is 0 Å². The van der Waals surface area contributed by atoms with Crippen molar-refractivity contribution < 1.29 is 9.90 Å². The molecule has 21 heavy (non-hydrogen) atoms. The van der Waals surface area contributed by atoms with Gasteiger partial charge in [-0.05, 0) is 37.4 Å². The molecule has 1 N–H and O–H groups in total. The number of hydrogen-bond acceptors (Lipinski definition) is 3. The van der Waals surface area contributed by atoms with E-state index in [1.54, 1.807) is 22.7 Å². The second-order valence-electron chi connectivity index (χ2n) is 5.77. The highest BCUT2D eigenvalue weighted by molar-refractivity contribution is 6.30. The summed E-state index contributed by atoms with van der Waals surface area (Å²) in [5.74, 6) is -0.343. The normalized spacial score (nSPS) is 20.0. The van der Waals surface area contributed by atoms with Crippen LogP contribution in [0.1, 0.15) is 35.9 Å². The topological polar surface area (TPSA) is 57.8 Å². The van der Waals surface area contributed by atoms with E-state index in [0.29, 0.717) is 28.8 Å². The lowest BCUT2D eigenvalue weighted by Gasteiger charge is -2.30. The van der Waals surface area contributed by atoms with Crippen LogP contribution in [0.5, 0.6) is 0 Å². The van der Waals surface area contributed by atoms with Gasteiger partial charge in [0.15, 0.2) is 5.69 Å². The van der Waals surface area contributed by atoms with Crippen molar-refractivity contribution in [2.45, 2.75) is 26.3 Å². The van der Waals surface area contributed by atoms with Crippen molar-refractivity contribution in [2.24, 2.45) is 5.92 Å². The third-order valence-corrected chi connectivity index (χ3v) is 4.22. The van der Waals surface area contributed by atoms with Gasteiger partial charge < -0.3 is 9.51 Å². The van der Waals surface area contributed by atoms with Crippen molar-refractivity contribution in [1.82, 2.24) is 14.3 Å². The predicted octanol–water partition coefficient (Wildman–Crippen LogP) is 2.92. The van der Waals surface area contributed by atoms with Gasteiger partial charge in [-0.3, -0.25) is 4.90 Å². The molecule has 1 unspecified atom stereocenters. The molecule has 0 amide bonds. The highest BCUT2D eigenvalue weighted by Crippen LogP contribution is 2.22. The molecule has 1 saturated heterocycles. The molecule has 1 fully saturated rings. The lowest BCUT2D eigenvalue weighted by atomic mass is 10.0. The number of likely N-dealkylation sites (tertiary alicyclic amines) is 1. The van der Waals surface area contributed by atoms with Crippen molar-refractivity contribution in [2.75, 3.05) is 13.1 Å². The van der Waals surface area contributed by atoms with Crippen molar-refractivity contribution in [3.8, 4) is 0 Å². The number of carbonyl (C=O) groups is 1. The minimum atomic E-state index is -0.991. The molecule has 6 heteroatoms. The van der Waals surface area contributed by atoms with Crippen LogP contribution in [-0.4, -0.2) is 38.4 Å². The van der Waals surface area contributed by atoms with Crippen LogP contribution < -0.4 is 0 Å². The Morgan fingerprint density at radius 1 is 1.52 bits per heavy atom. The predicted molar refractivity (Wildman–Crippen MR) is 80.8 cm³/mol. The van der Waals surface area contributed by atoms with Crippen molar-refractivity contribution in [1.29, 1.82) is 0 Å². The first-order valence-electron chi connectivity index (χ1n) is 7.16. The molecule has 112 valence electrons. The van der Waals surface area contributed by atoms with E-state index in [1.165, 1.54) is 6.42 Å². The number of aromatic nitrogens is 2. The van der Waals surface area contributed by atoms with Crippen LogP contribution in [0.25, 0.3) is 5.65 Å². The van der Waals surface area contributed by atoms with E-state index in [9.17, 15) is 9.90 Å². The second kappa shape index (κ2) is 5.66. The zero-order valence-corrected chi connectivity index (χ0v) is 12.7. The van der Waals surface area contributed by atoms with Crippen LogP contribution >= 0.6 is 11.6 Å². The number of imidazole rings is 1. The zero-order chi connectivity index (χ0) is 15.0. The fourth-order valence-electron chi connectivity index (χ4n) is 3.03. The molecule has 2 aromatic rings. The monoisotopic (exact) mass is 307 g/mol. The van der Waals surface area contributed by atoms with Crippen LogP contribution in [0.4, 0.5) is 0 Å². The third kappa shape index (κ3) is 2.89. The van der Waals surface area contributed by atoms with Crippen molar-refractivity contribution in [3.05, 3.63) is 34.7 Å². The summed E-state index contributed by atoms with van der Waals surface area (Å²) >= 11 is 6.04. The van der Waals surface area contributed by atoms with Crippen molar-refractivity contribution >= 4 is 23.2 Å². The Balaban J connectivity index is 2.00. The van der Waals surface area contributed by atoms with Crippen LogP contribution in [-0.2, 0) is 6.54 Å². The van der Waals surface area contributed by atoms with Crippen molar-refractivity contribution in [3.63, 3.8) is 0 Å². The summed E-state index contributed by atoms with van der Waals surface area (Å²) in [4.78, 5) is 18.0. The molecule has 0 aromatic carbocycles. The smallest absolute Gasteiger partial charge is 0.356 e. The van der Waals surface area contributed by atoms with Gasteiger partial charge >= 0.3 is 5.97 Å². The Morgan fingerprint density at radius 3 is 3.05 bits per heavy atom. The first-order chi connectivity index (χ1) is 10.0. The molecule has 1 atom stereocenters. The Bertz CT molecular complexity index is 683. The number of fused-ring (bicyclic) bond motifs is 1. The molecule has 3 rings (SSSR count). The Labute approximate surface area is 128 Å². The first-order valence-corrected chi connectivity index (χ1v) is 7.54. The van der Waals surface area contributed by atoms with Gasteiger partial charge in [-0.2, -0.15) is 0 Å². The largest absolute Gasteiger partial charge is 0.476 e. The Kier molecular flexibility index (Phi) is 3.87. The minimum absolute atomic E-state index is 0.121. The number of aromatic carboxylic acids is 1. The summed E-state index contributed by atoms with van der Waals surface area (Å²) in [5.41, 5.74) is 1.45. The van der Waals surface area contributed by atoms with Crippen LogP contribution in [0, 0.1) is 5.92 Å². The quantitative estimate of drug-likeness (QED) is 0.947. The average molecular weight is 308 g/mol. The molecule has 0 saturated carbocycles. The number of piperidine rings is 1. The van der Waals surface area contributed by atoms with Gasteiger partial charge in [-0.1, -0.05) is 18.5 Å². The number of carboxylic acids is 1. The molecular weight excluding hydrogens is 290 g/mol. The lowest BCUT2D eigenvalue weighted by molar-refractivity contribution is 0.0687. The third-order valence-electron chi connectivity index (χ3n) is 4.00. The zero-order valence-electron chi connectivity index (χ0n) is 11.9. The Hall–Kier alpha value is -1.59. The van der Waals surface area contributed by atoms with Crippen LogP contribution in [0.2, 0.25) is 5.02 Å². The second-order valence-corrected chi connectivity index (χ2v) is 6.21. The van der Waals surface area contributed by atoms with E-state index in [2.05, 4.69) is 16.8 Å². The molecular formula is C15H18ClN3O2. The molecule has 1 aliphatic rings. The SMILES string of the molecule is CC1CCCN(Cc2c(C(=O)O)nc3ccc(Cl)cn23)C1. The number of hydrogen-bond donors (Lipinski definition) is 1. The molecule has 3 heterocycles. The molecule has 0 spiro atoms. The van der Waals surface area contributed by atoms with Gasteiger partial charge in [0, 0.05) is 19.3 Å². The summed E-state index contributed by atoms with van der Waals surface area (Å²) < 4.78 is 1.80. The van der Waals surface area contributed by atoms with Gasteiger partial charge in [0.05, 0.1) is 10.7 Å². The van der Waals surface area contributed by atoms with Gasteiger partial charge in [0.1, 0.15) is 5.65 Å². The van der Waals surface area contributed by atoms with Gasteiger partial charge in [0.25, 0.3) is 0 Å². The average Bonchev–Trinajstić information content (AvgIpc) is 2.77. The number of rotatable bonds is 3. The molecule has 5 nitrogen and oxygen atoms in total. The summed E-state index contributed by atoms with van der Waals surface area (Å²) in [6, 6.07) is 3.47. The number of nitrogens with zero attached hydrogens (tertiary/aromatic N) is 3. The fraction of sp³-hybridized carbons (Fsp3) is 0.467. The maximum absolute atomic E-state index is 11.5. The highest BCUT2D eigenvalue weighted by atomic mass is 35.5. The maximum Gasteiger partial charge on any atom is 0.356 e. The van der Waals surface area contributed by atoms with Crippen LogP contribution in [0.15, 0.2) is 18.3 Å². The number of pyridine rings is 1. The van der Waals surface area contributed by atoms with E-state index < -0.39 is 5.97 Å². The number of carboxylic acid groups (broad SMARTS) is 1. The number of halogens is 1. The van der Waals surface area contributed by atoms with Crippen LogP contribution in [0.3, 0.4) is 0 Å². The maximum atomic E-state index is 11.5. The summed E-state index contributed by atoms with van der Waals surface area (Å²) in [6.45, 7) is 4.81. The molecule has 2 aromatic heterocycles. The fourth-order valence-corrected chi connectivity index (χ4v) is 3.19. The van der Waals surface area contributed by atoms with E-state index in [1.807, 2.05) is 0 Å². The lowest BCUT2D eigenvalue weighted by Crippen LogP contribution is -2.34. The molecule has 1 aliphatic heterocycles. The van der Waals surface area contributed by atoms with E-state index in [4.69, 9.17) is 11.6 Å². The first kappa shape index (κ1) is 14.4. The summed E-state index contributed by atoms with van der Waals surface area (Å²) in [7, 11) is 0. The summed E-state index contributed by atoms with van der Waals surface area (Å²) in [5, 5.41) is 9.96. The Morgan fingerprint density at radius 2 is 2.33 bits per heavy atom. The molecule has 0 bridgehead atoms. The standard InChI is InChI=1S/C15H18ClN3O2/c1-10-3-2-6-18(7-10)9-12-14(15(20)21)17-13-5-4-11(16)8-19(12)13/h4-5,8,10H,2-3,6-7,9H2,1H3,(H,20,21). The van der Waals surface area contributed by atoms with Gasteiger partial charge in [-0.15, -0.1) is 0 Å². The highest BCUT2D eigenvalue weighted by Gasteiger charge is 2.23. The molecule has 0 radical (unpaired) electrons. The molecule has 0 aliphatic carbocycles. The van der Waals surface area contributed by atoms with Gasteiger partial charge in [-0.25, -0.2) is 9.78 Å². The summed E-state index contributed by atoms with van der Waals surface area (Å²) in [6.07, 6.45) is 4.13. The minimum Gasteiger partial charge on any atom is -0.476 e.